The van der Waals surface area contributed by atoms with E-state index in [9.17, 15) is 4.79 Å². The molecule has 2 heterocycles. The van der Waals surface area contributed by atoms with Crippen molar-refractivity contribution in [1.29, 1.82) is 0 Å². The van der Waals surface area contributed by atoms with Crippen LogP contribution in [0.1, 0.15) is 18.4 Å². The molecule has 0 unspecified atom stereocenters. The molecule has 0 radical (unpaired) electrons. The predicted octanol–water partition coefficient (Wildman–Crippen LogP) is 1.60. The van der Waals surface area contributed by atoms with Crippen LogP contribution in [0.2, 0.25) is 0 Å². The maximum absolute atomic E-state index is 11.6. The molecule has 25 heavy (non-hydrogen) atoms. The molecule has 2 aromatic rings. The van der Waals surface area contributed by atoms with Gasteiger partial charge in [-0.05, 0) is 17.7 Å². The molecule has 1 aromatic carbocycles. The van der Waals surface area contributed by atoms with Gasteiger partial charge in [0.15, 0.2) is 0 Å². The van der Waals surface area contributed by atoms with Gasteiger partial charge in [-0.2, -0.15) is 4.98 Å². The Labute approximate surface area is 147 Å². The quantitative estimate of drug-likeness (QED) is 0.889. The van der Waals surface area contributed by atoms with Crippen molar-refractivity contribution in [3.8, 4) is 11.6 Å². The van der Waals surface area contributed by atoms with Gasteiger partial charge in [0.05, 0.1) is 20.3 Å². The molecular weight excluding hydrogens is 320 g/mol. The first-order chi connectivity index (χ1) is 12.1. The van der Waals surface area contributed by atoms with Gasteiger partial charge in [0.2, 0.25) is 17.7 Å². The Morgan fingerprint density at radius 1 is 1.16 bits per heavy atom. The number of benzene rings is 1. The highest BCUT2D eigenvalue weighted by atomic mass is 16.5. The number of hydrogen-bond acceptors (Lipinski definition) is 6. The molecule has 1 fully saturated rings. The van der Waals surface area contributed by atoms with Crippen molar-refractivity contribution in [2.45, 2.75) is 18.9 Å². The monoisotopic (exact) mass is 342 g/mol. The van der Waals surface area contributed by atoms with Gasteiger partial charge < -0.3 is 19.7 Å². The van der Waals surface area contributed by atoms with Crippen LogP contribution >= 0.6 is 0 Å². The fourth-order valence-electron chi connectivity index (χ4n) is 3.16. The van der Waals surface area contributed by atoms with E-state index >= 15 is 0 Å². The summed E-state index contributed by atoms with van der Waals surface area (Å²) in [6, 6.07) is 9.64. The minimum atomic E-state index is -0.0445. The van der Waals surface area contributed by atoms with Crippen molar-refractivity contribution in [3.05, 3.63) is 42.1 Å². The molecule has 0 bridgehead atoms. The van der Waals surface area contributed by atoms with Crippen molar-refractivity contribution in [2.24, 2.45) is 0 Å². The third kappa shape index (κ3) is 3.81. The molecule has 0 spiro atoms. The smallest absolute Gasteiger partial charge is 0.228 e. The van der Waals surface area contributed by atoms with Gasteiger partial charge >= 0.3 is 0 Å². The summed E-state index contributed by atoms with van der Waals surface area (Å²) in [6.45, 7) is 2.89. The topological polar surface area (TPSA) is 76.6 Å². The molecule has 1 amide bonds. The summed E-state index contributed by atoms with van der Waals surface area (Å²) in [4.78, 5) is 22.4. The highest BCUT2D eigenvalue weighted by molar-refractivity contribution is 5.73. The second-order valence-electron chi connectivity index (χ2n) is 5.99. The summed E-state index contributed by atoms with van der Waals surface area (Å²) in [5.74, 6) is 2.03. The summed E-state index contributed by atoms with van der Waals surface area (Å²) < 4.78 is 10.4. The van der Waals surface area contributed by atoms with E-state index in [4.69, 9.17) is 9.47 Å². The Hall–Kier alpha value is -2.83. The molecule has 1 aliphatic rings. The van der Waals surface area contributed by atoms with Gasteiger partial charge in [-0.25, -0.2) is 4.98 Å². The molecule has 0 saturated carbocycles. The SMILES string of the molecule is COc1ccc([C@@H]2CN(c3nccc(OC)n3)C[C@H]2NC(C)=O)cc1. The fourth-order valence-corrected chi connectivity index (χ4v) is 3.16. The van der Waals surface area contributed by atoms with Crippen molar-refractivity contribution in [2.75, 3.05) is 32.2 Å². The molecule has 1 N–H and O–H groups in total. The van der Waals surface area contributed by atoms with E-state index < -0.39 is 0 Å². The van der Waals surface area contributed by atoms with Crippen LogP contribution in [0.15, 0.2) is 36.5 Å². The van der Waals surface area contributed by atoms with Gasteiger partial charge in [-0.15, -0.1) is 0 Å². The number of ether oxygens (including phenoxy) is 2. The minimum Gasteiger partial charge on any atom is -0.497 e. The van der Waals surface area contributed by atoms with Crippen LogP contribution in [0.25, 0.3) is 0 Å². The van der Waals surface area contributed by atoms with Crippen LogP contribution in [0, 0.1) is 0 Å². The normalized spacial score (nSPS) is 19.6. The molecule has 2 atom stereocenters. The summed E-state index contributed by atoms with van der Waals surface area (Å²) in [6.07, 6.45) is 1.68. The number of nitrogens with one attached hydrogen (secondary N) is 1. The van der Waals surface area contributed by atoms with Crippen molar-refractivity contribution < 1.29 is 14.3 Å². The largest absolute Gasteiger partial charge is 0.497 e. The van der Waals surface area contributed by atoms with E-state index in [1.54, 1.807) is 26.5 Å². The number of anilines is 1. The Balaban J connectivity index is 1.85. The first kappa shape index (κ1) is 17.0. The summed E-state index contributed by atoms with van der Waals surface area (Å²) in [5, 5.41) is 3.05. The van der Waals surface area contributed by atoms with Gasteiger partial charge in [-0.3, -0.25) is 4.79 Å². The first-order valence-electron chi connectivity index (χ1n) is 8.13. The zero-order chi connectivity index (χ0) is 17.8. The first-order valence-corrected chi connectivity index (χ1v) is 8.13. The lowest BCUT2D eigenvalue weighted by molar-refractivity contribution is -0.119. The van der Waals surface area contributed by atoms with E-state index in [0.29, 0.717) is 24.9 Å². The van der Waals surface area contributed by atoms with Crippen LogP contribution in [0.3, 0.4) is 0 Å². The number of methoxy groups -OCH3 is 2. The lowest BCUT2D eigenvalue weighted by atomic mass is 9.94. The van der Waals surface area contributed by atoms with E-state index in [0.717, 1.165) is 11.3 Å². The summed E-state index contributed by atoms with van der Waals surface area (Å²) >= 11 is 0. The zero-order valence-electron chi connectivity index (χ0n) is 14.6. The maximum atomic E-state index is 11.6. The van der Waals surface area contributed by atoms with Crippen molar-refractivity contribution in [3.63, 3.8) is 0 Å². The molecule has 132 valence electrons. The molecule has 1 aliphatic heterocycles. The van der Waals surface area contributed by atoms with E-state index in [1.807, 2.05) is 24.3 Å². The van der Waals surface area contributed by atoms with Gasteiger partial charge in [0.1, 0.15) is 5.75 Å². The number of aromatic nitrogens is 2. The van der Waals surface area contributed by atoms with Crippen LogP contribution < -0.4 is 19.7 Å². The van der Waals surface area contributed by atoms with E-state index in [-0.39, 0.29) is 17.9 Å². The van der Waals surface area contributed by atoms with Crippen LogP contribution in [-0.4, -0.2) is 49.2 Å². The molecule has 0 aliphatic carbocycles. The number of amides is 1. The second-order valence-corrected chi connectivity index (χ2v) is 5.99. The Bertz CT molecular complexity index is 735. The summed E-state index contributed by atoms with van der Waals surface area (Å²) in [7, 11) is 3.23. The molecule has 1 aromatic heterocycles. The Kier molecular flexibility index (Phi) is 5.02. The molecule has 7 heteroatoms. The lowest BCUT2D eigenvalue weighted by Gasteiger charge is -2.19. The van der Waals surface area contributed by atoms with Crippen LogP contribution in [0.5, 0.6) is 11.6 Å². The number of nitrogens with zero attached hydrogens (tertiary/aromatic N) is 3. The molecule has 1 saturated heterocycles. The minimum absolute atomic E-state index is 0.0132. The van der Waals surface area contributed by atoms with Crippen molar-refractivity contribution in [1.82, 2.24) is 15.3 Å². The number of hydrogen-bond donors (Lipinski definition) is 1. The average Bonchev–Trinajstić information content (AvgIpc) is 3.05. The van der Waals surface area contributed by atoms with Crippen LogP contribution in [0.4, 0.5) is 5.95 Å². The van der Waals surface area contributed by atoms with Gasteiger partial charge in [0.25, 0.3) is 0 Å². The Morgan fingerprint density at radius 2 is 1.92 bits per heavy atom. The Morgan fingerprint density at radius 3 is 2.56 bits per heavy atom. The zero-order valence-corrected chi connectivity index (χ0v) is 14.6. The maximum Gasteiger partial charge on any atom is 0.228 e. The standard InChI is InChI=1S/C18H22N4O3/c1-12(23)20-16-11-22(18-19-9-8-17(21-18)25-3)10-15(16)13-4-6-14(24-2)7-5-13/h4-9,15-16H,10-11H2,1-3H3,(H,20,23)/t15-,16+/m0/s1. The lowest BCUT2D eigenvalue weighted by Crippen LogP contribution is -2.38. The summed E-state index contributed by atoms with van der Waals surface area (Å²) in [5.41, 5.74) is 1.14. The fraction of sp³-hybridized carbons (Fsp3) is 0.389. The number of carbonyl (C=O) groups is 1. The van der Waals surface area contributed by atoms with Gasteiger partial charge in [-0.1, -0.05) is 12.1 Å². The predicted molar refractivity (Wildman–Crippen MR) is 94.1 cm³/mol. The molecule has 7 nitrogen and oxygen atoms in total. The highest BCUT2D eigenvalue weighted by Gasteiger charge is 2.35. The van der Waals surface area contributed by atoms with E-state index in [1.165, 1.54) is 6.92 Å². The van der Waals surface area contributed by atoms with E-state index in [2.05, 4.69) is 20.2 Å². The molecular formula is C18H22N4O3. The third-order valence-corrected chi connectivity index (χ3v) is 4.36. The number of carbonyl (C=O) groups excluding carboxylic acids is 1. The van der Waals surface area contributed by atoms with Crippen LogP contribution in [-0.2, 0) is 4.79 Å². The number of rotatable bonds is 5. The highest BCUT2D eigenvalue weighted by Crippen LogP contribution is 2.31. The molecule has 3 rings (SSSR count). The average molecular weight is 342 g/mol. The van der Waals surface area contributed by atoms with Crippen molar-refractivity contribution >= 4 is 11.9 Å². The third-order valence-electron chi connectivity index (χ3n) is 4.36. The van der Waals surface area contributed by atoms with Gasteiger partial charge in [0, 0.05) is 38.2 Å². The second kappa shape index (κ2) is 7.38.